The monoisotopic (exact) mass is 264 g/mol. The summed E-state index contributed by atoms with van der Waals surface area (Å²) in [4.78, 5) is 27.0. The van der Waals surface area contributed by atoms with Crippen LogP contribution in [0.5, 0.6) is 0 Å². The molecule has 4 nitrogen and oxygen atoms in total. The quantitative estimate of drug-likeness (QED) is 0.845. The molecule has 2 atom stereocenters. The van der Waals surface area contributed by atoms with Gasteiger partial charge in [-0.05, 0) is 38.0 Å². The van der Waals surface area contributed by atoms with Gasteiger partial charge in [0, 0.05) is 6.04 Å². The van der Waals surface area contributed by atoms with Crippen molar-refractivity contribution in [2.24, 2.45) is 5.92 Å². The van der Waals surface area contributed by atoms with Crippen molar-refractivity contribution in [1.82, 2.24) is 10.2 Å². The molecule has 0 radical (unpaired) electrons. The van der Waals surface area contributed by atoms with E-state index in [9.17, 15) is 9.59 Å². The Kier molecular flexibility index (Phi) is 3.50. The predicted octanol–water partition coefficient (Wildman–Crippen LogP) is 1.83. The summed E-state index contributed by atoms with van der Waals surface area (Å²) in [7, 11) is 0. The molecule has 1 aliphatic heterocycles. The van der Waals surface area contributed by atoms with Crippen LogP contribution in [0.2, 0.25) is 0 Å². The third-order valence-corrected chi connectivity index (χ3v) is 4.88. The van der Waals surface area contributed by atoms with Crippen molar-refractivity contribution in [3.8, 4) is 0 Å². The van der Waals surface area contributed by atoms with Gasteiger partial charge in [-0.25, -0.2) is 0 Å². The van der Waals surface area contributed by atoms with E-state index in [4.69, 9.17) is 0 Å². The minimum absolute atomic E-state index is 0.0968. The first-order chi connectivity index (χ1) is 9.22. The molecule has 4 heteroatoms. The summed E-state index contributed by atoms with van der Waals surface area (Å²) in [6, 6.07) is -0.144. The number of rotatable bonds is 3. The summed E-state index contributed by atoms with van der Waals surface area (Å²) in [6.07, 6.45) is 8.74. The number of carbonyl (C=O) groups is 2. The Morgan fingerprint density at radius 3 is 2.37 bits per heavy atom. The predicted molar refractivity (Wildman–Crippen MR) is 72.5 cm³/mol. The van der Waals surface area contributed by atoms with Crippen LogP contribution in [-0.2, 0) is 9.59 Å². The van der Waals surface area contributed by atoms with Crippen LogP contribution in [0.3, 0.4) is 0 Å². The lowest BCUT2D eigenvalue weighted by Crippen LogP contribution is -2.66. The fourth-order valence-electron chi connectivity index (χ4n) is 3.66. The van der Waals surface area contributed by atoms with Crippen molar-refractivity contribution in [2.75, 3.05) is 0 Å². The topological polar surface area (TPSA) is 49.4 Å². The lowest BCUT2D eigenvalue weighted by atomic mass is 9.90. The van der Waals surface area contributed by atoms with E-state index in [0.29, 0.717) is 18.4 Å². The number of piperazine rings is 1. The highest BCUT2D eigenvalue weighted by molar-refractivity contribution is 5.97. The number of hydrogen-bond acceptors (Lipinski definition) is 2. The molecular weight excluding hydrogens is 240 g/mol. The average Bonchev–Trinajstić information content (AvgIpc) is 3.25. The summed E-state index contributed by atoms with van der Waals surface area (Å²) < 4.78 is 0. The Morgan fingerprint density at radius 2 is 1.79 bits per heavy atom. The molecule has 0 aromatic carbocycles. The molecule has 0 spiro atoms. The first kappa shape index (κ1) is 12.9. The van der Waals surface area contributed by atoms with Crippen LogP contribution in [0.25, 0.3) is 0 Å². The normalized spacial score (nSPS) is 33.4. The number of nitrogens with one attached hydrogen (secondary N) is 1. The van der Waals surface area contributed by atoms with E-state index in [-0.39, 0.29) is 23.9 Å². The zero-order chi connectivity index (χ0) is 13.4. The van der Waals surface area contributed by atoms with Crippen molar-refractivity contribution in [3.05, 3.63) is 0 Å². The third-order valence-electron chi connectivity index (χ3n) is 4.88. The van der Waals surface area contributed by atoms with Crippen molar-refractivity contribution >= 4 is 11.8 Å². The minimum Gasteiger partial charge on any atom is -0.343 e. The molecule has 1 saturated heterocycles. The number of carbonyl (C=O) groups excluding carboxylic acids is 2. The van der Waals surface area contributed by atoms with E-state index in [2.05, 4.69) is 5.32 Å². The second-order valence-electron chi connectivity index (χ2n) is 6.29. The highest BCUT2D eigenvalue weighted by Gasteiger charge is 2.49. The highest BCUT2D eigenvalue weighted by Crippen LogP contribution is 2.39. The van der Waals surface area contributed by atoms with Crippen molar-refractivity contribution in [1.29, 1.82) is 0 Å². The first-order valence-corrected chi connectivity index (χ1v) is 7.85. The van der Waals surface area contributed by atoms with Gasteiger partial charge in [0.2, 0.25) is 11.8 Å². The molecule has 2 aliphatic carbocycles. The maximum atomic E-state index is 12.7. The van der Waals surface area contributed by atoms with Crippen LogP contribution in [0, 0.1) is 5.92 Å². The lowest BCUT2D eigenvalue weighted by Gasteiger charge is -2.44. The molecule has 0 aromatic heterocycles. The fraction of sp³-hybridized carbons (Fsp3) is 0.867. The van der Waals surface area contributed by atoms with Crippen LogP contribution in [0.15, 0.2) is 0 Å². The molecule has 19 heavy (non-hydrogen) atoms. The summed E-state index contributed by atoms with van der Waals surface area (Å²) in [5.41, 5.74) is 0. The second-order valence-corrected chi connectivity index (χ2v) is 6.29. The van der Waals surface area contributed by atoms with Crippen molar-refractivity contribution < 1.29 is 9.59 Å². The van der Waals surface area contributed by atoms with Gasteiger partial charge in [-0.1, -0.05) is 26.2 Å². The van der Waals surface area contributed by atoms with Gasteiger partial charge in [0.1, 0.15) is 12.1 Å². The Labute approximate surface area is 114 Å². The molecule has 106 valence electrons. The van der Waals surface area contributed by atoms with Gasteiger partial charge in [-0.15, -0.1) is 0 Å². The summed E-state index contributed by atoms with van der Waals surface area (Å²) in [6.45, 7) is 1.97. The maximum absolute atomic E-state index is 12.7. The van der Waals surface area contributed by atoms with E-state index in [1.54, 1.807) is 0 Å². The van der Waals surface area contributed by atoms with Gasteiger partial charge in [-0.3, -0.25) is 9.59 Å². The number of amides is 2. The number of nitrogens with zero attached hydrogens (tertiary/aromatic N) is 1. The third kappa shape index (κ3) is 2.37. The van der Waals surface area contributed by atoms with Crippen LogP contribution in [-0.4, -0.2) is 34.8 Å². The Bertz CT molecular complexity index is 372. The largest absolute Gasteiger partial charge is 0.343 e. The van der Waals surface area contributed by atoms with Crippen LogP contribution >= 0.6 is 0 Å². The van der Waals surface area contributed by atoms with E-state index >= 15 is 0 Å². The summed E-state index contributed by atoms with van der Waals surface area (Å²) in [5, 5.41) is 2.93. The fourth-order valence-corrected chi connectivity index (χ4v) is 3.66. The van der Waals surface area contributed by atoms with Gasteiger partial charge < -0.3 is 10.2 Å². The Balaban J connectivity index is 1.84. The molecule has 1 heterocycles. The minimum atomic E-state index is -0.288. The molecule has 0 bridgehead atoms. The van der Waals surface area contributed by atoms with Gasteiger partial charge in [0.15, 0.2) is 0 Å². The van der Waals surface area contributed by atoms with E-state index in [0.717, 1.165) is 25.7 Å². The van der Waals surface area contributed by atoms with Crippen LogP contribution in [0.4, 0.5) is 0 Å². The zero-order valence-corrected chi connectivity index (χ0v) is 11.7. The molecular formula is C15H24N2O2. The van der Waals surface area contributed by atoms with Crippen LogP contribution in [0.1, 0.15) is 58.3 Å². The molecule has 2 saturated carbocycles. The standard InChI is InChI=1S/C15H24N2O2/c1-2-12-15(19)17(11-6-4-3-5-7-11)13(10-8-9-10)14(18)16-12/h10-13H,2-9H2,1H3,(H,16,18). The first-order valence-electron chi connectivity index (χ1n) is 7.85. The molecule has 2 unspecified atom stereocenters. The van der Waals surface area contributed by atoms with Gasteiger partial charge in [0.25, 0.3) is 0 Å². The van der Waals surface area contributed by atoms with Gasteiger partial charge in [-0.2, -0.15) is 0 Å². The van der Waals surface area contributed by atoms with Crippen molar-refractivity contribution in [3.63, 3.8) is 0 Å². The Morgan fingerprint density at radius 1 is 1.11 bits per heavy atom. The van der Waals surface area contributed by atoms with Crippen molar-refractivity contribution in [2.45, 2.75) is 76.4 Å². The SMILES string of the molecule is CCC1NC(=O)C(C2CC2)N(C2CCCCC2)C1=O. The van der Waals surface area contributed by atoms with Crippen LogP contribution < -0.4 is 5.32 Å². The average molecular weight is 264 g/mol. The van der Waals surface area contributed by atoms with Gasteiger partial charge in [0.05, 0.1) is 0 Å². The Hall–Kier alpha value is -1.06. The summed E-state index contributed by atoms with van der Waals surface area (Å²) >= 11 is 0. The maximum Gasteiger partial charge on any atom is 0.246 e. The summed E-state index contributed by atoms with van der Waals surface area (Å²) in [5.74, 6) is 0.689. The van der Waals surface area contributed by atoms with E-state index in [1.807, 2.05) is 11.8 Å². The molecule has 3 rings (SSSR count). The van der Waals surface area contributed by atoms with E-state index < -0.39 is 0 Å². The van der Waals surface area contributed by atoms with E-state index in [1.165, 1.54) is 19.3 Å². The lowest BCUT2D eigenvalue weighted by molar-refractivity contribution is -0.154. The second kappa shape index (κ2) is 5.14. The number of hydrogen-bond donors (Lipinski definition) is 1. The molecule has 3 fully saturated rings. The molecule has 1 N–H and O–H groups in total. The molecule has 2 amide bonds. The zero-order valence-electron chi connectivity index (χ0n) is 11.7. The molecule has 3 aliphatic rings. The highest BCUT2D eigenvalue weighted by atomic mass is 16.2. The smallest absolute Gasteiger partial charge is 0.246 e. The molecule has 0 aromatic rings. The van der Waals surface area contributed by atoms with Gasteiger partial charge >= 0.3 is 0 Å².